The van der Waals surface area contributed by atoms with Crippen molar-refractivity contribution in [3.05, 3.63) is 14.5 Å². The van der Waals surface area contributed by atoms with Gasteiger partial charge in [-0.25, -0.2) is 4.98 Å². The topological polar surface area (TPSA) is 65.8 Å². The summed E-state index contributed by atoms with van der Waals surface area (Å²) in [5.74, 6) is 0.107. The third-order valence-corrected chi connectivity index (χ3v) is 5.18. The van der Waals surface area contributed by atoms with Crippen molar-refractivity contribution in [2.75, 3.05) is 6.54 Å². The van der Waals surface area contributed by atoms with Crippen LogP contribution in [0.25, 0.3) is 0 Å². The van der Waals surface area contributed by atoms with Gasteiger partial charge in [-0.05, 0) is 35.7 Å². The van der Waals surface area contributed by atoms with E-state index in [1.165, 1.54) is 0 Å². The lowest BCUT2D eigenvalue weighted by Crippen LogP contribution is -2.36. The minimum Gasteiger partial charge on any atom is -0.343 e. The number of rotatable bonds is 3. The summed E-state index contributed by atoms with van der Waals surface area (Å²) in [6, 6.07) is 1.95. The summed E-state index contributed by atoms with van der Waals surface area (Å²) in [4.78, 5) is 16.7. The molecule has 1 aromatic rings. The van der Waals surface area contributed by atoms with Crippen LogP contribution in [0.4, 0.5) is 0 Å². The molecule has 0 bridgehead atoms. The van der Waals surface area contributed by atoms with E-state index in [4.69, 9.17) is 5.26 Å². The zero-order valence-electron chi connectivity index (χ0n) is 10.8. The second-order valence-electron chi connectivity index (χ2n) is 4.77. The Balaban J connectivity index is 2.19. The zero-order chi connectivity index (χ0) is 13.8. The van der Waals surface area contributed by atoms with Crippen molar-refractivity contribution < 1.29 is 4.79 Å². The number of carbonyl (C=O) groups excluding carboxylic acids is 1. The first-order valence-electron chi connectivity index (χ1n) is 6.41. The molecule has 6 heteroatoms. The molecule has 1 aliphatic rings. The lowest BCUT2D eigenvalue weighted by atomic mass is 9.77. The quantitative estimate of drug-likeness (QED) is 0.859. The number of hydrogen-bond donors (Lipinski definition) is 1. The summed E-state index contributed by atoms with van der Waals surface area (Å²) in [5.41, 5.74) is 1.01. The lowest BCUT2D eigenvalue weighted by molar-refractivity contribution is -0.126. The molecule has 0 aromatic carbocycles. The first kappa shape index (κ1) is 14.5. The van der Waals surface area contributed by atoms with Crippen LogP contribution in [-0.4, -0.2) is 17.4 Å². The number of nitriles is 1. The number of halogens is 1. The Labute approximate surface area is 125 Å². The number of nitrogens with zero attached hydrogens (tertiary/aromatic N) is 2. The van der Waals surface area contributed by atoms with Crippen LogP contribution in [0.1, 0.15) is 42.3 Å². The molecular weight excluding hydrogens is 326 g/mol. The summed E-state index contributed by atoms with van der Waals surface area (Å²) in [6.45, 7) is 2.06. The van der Waals surface area contributed by atoms with Crippen LogP contribution < -0.4 is 5.32 Å². The Bertz CT molecular complexity index is 508. The molecule has 19 heavy (non-hydrogen) atoms. The third-order valence-electron chi connectivity index (χ3n) is 3.51. The van der Waals surface area contributed by atoms with E-state index in [2.05, 4.69) is 26.2 Å². The number of aryl methyl sites for hydroxylation is 1. The minimum absolute atomic E-state index is 0.0104. The highest BCUT2D eigenvalue weighted by molar-refractivity contribution is 9.11. The third kappa shape index (κ3) is 3.34. The summed E-state index contributed by atoms with van der Waals surface area (Å²) in [5, 5.41) is 12.3. The number of thiazole rings is 1. The maximum absolute atomic E-state index is 12.2. The molecule has 0 saturated heterocycles. The van der Waals surface area contributed by atoms with E-state index in [1.807, 2.05) is 13.0 Å². The summed E-state index contributed by atoms with van der Waals surface area (Å²) in [6.07, 6.45) is 4.08. The number of nitrogens with one attached hydrogen (secondary N) is 1. The average Bonchev–Trinajstić information content (AvgIpc) is 2.75. The van der Waals surface area contributed by atoms with E-state index >= 15 is 0 Å². The van der Waals surface area contributed by atoms with Crippen molar-refractivity contribution in [2.24, 2.45) is 5.92 Å². The normalized spacial score (nSPS) is 22.8. The fourth-order valence-electron chi connectivity index (χ4n) is 2.68. The van der Waals surface area contributed by atoms with Crippen LogP contribution in [0.2, 0.25) is 0 Å². The van der Waals surface area contributed by atoms with Gasteiger partial charge in [0, 0.05) is 11.8 Å². The molecular formula is C13H16BrN3OS. The van der Waals surface area contributed by atoms with Crippen LogP contribution >= 0.6 is 27.3 Å². The predicted octanol–water partition coefficient (Wildman–Crippen LogP) is 3.13. The Morgan fingerprint density at radius 1 is 1.58 bits per heavy atom. The largest absolute Gasteiger partial charge is 0.343 e. The molecule has 1 saturated carbocycles. The van der Waals surface area contributed by atoms with Gasteiger partial charge in [-0.15, -0.1) is 11.3 Å². The van der Waals surface area contributed by atoms with Crippen LogP contribution in [0, 0.1) is 24.2 Å². The van der Waals surface area contributed by atoms with Gasteiger partial charge in [-0.2, -0.15) is 5.26 Å². The van der Waals surface area contributed by atoms with Crippen LogP contribution in [-0.2, 0) is 4.79 Å². The maximum Gasteiger partial charge on any atom is 0.224 e. The molecule has 1 N–H and O–H groups in total. The number of hydrogen-bond acceptors (Lipinski definition) is 4. The molecule has 1 fully saturated rings. The fourth-order valence-corrected chi connectivity index (χ4v) is 4.47. The van der Waals surface area contributed by atoms with Crippen molar-refractivity contribution in [2.45, 2.75) is 38.5 Å². The average molecular weight is 342 g/mol. The predicted molar refractivity (Wildman–Crippen MR) is 77.9 cm³/mol. The molecule has 1 aromatic heterocycles. The molecule has 1 amide bonds. The van der Waals surface area contributed by atoms with Crippen LogP contribution in [0.15, 0.2) is 3.79 Å². The van der Waals surface area contributed by atoms with Crippen molar-refractivity contribution in [3.63, 3.8) is 0 Å². The van der Waals surface area contributed by atoms with Gasteiger partial charge in [0.1, 0.15) is 6.54 Å². The van der Waals surface area contributed by atoms with Crippen LogP contribution in [0.3, 0.4) is 0 Å². The molecule has 1 heterocycles. The van der Waals surface area contributed by atoms with Crippen molar-refractivity contribution >= 4 is 33.2 Å². The highest BCUT2D eigenvalue weighted by Gasteiger charge is 2.34. The first-order chi connectivity index (χ1) is 9.13. The van der Waals surface area contributed by atoms with E-state index in [0.29, 0.717) is 0 Å². The second-order valence-corrected chi connectivity index (χ2v) is 7.29. The van der Waals surface area contributed by atoms with Gasteiger partial charge in [-0.3, -0.25) is 4.79 Å². The lowest BCUT2D eigenvalue weighted by Gasteiger charge is -2.29. The van der Waals surface area contributed by atoms with Crippen molar-refractivity contribution in [1.29, 1.82) is 5.26 Å². The highest BCUT2D eigenvalue weighted by Crippen LogP contribution is 2.41. The van der Waals surface area contributed by atoms with E-state index in [-0.39, 0.29) is 24.3 Å². The summed E-state index contributed by atoms with van der Waals surface area (Å²) < 4.78 is 1.04. The minimum atomic E-state index is -0.0556. The highest BCUT2D eigenvalue weighted by atomic mass is 79.9. The van der Waals surface area contributed by atoms with Crippen LogP contribution in [0.5, 0.6) is 0 Å². The second kappa shape index (κ2) is 6.49. The Kier molecular flexibility index (Phi) is 4.94. The Morgan fingerprint density at radius 3 is 2.95 bits per heavy atom. The van der Waals surface area contributed by atoms with Crippen molar-refractivity contribution in [3.8, 4) is 6.07 Å². The van der Waals surface area contributed by atoms with Gasteiger partial charge in [0.25, 0.3) is 0 Å². The van der Waals surface area contributed by atoms with Crippen molar-refractivity contribution in [1.82, 2.24) is 10.3 Å². The SMILES string of the molecule is Cc1nc([C@H]2CCCC[C@H]2C(=O)NCC#N)c(Br)s1. The fraction of sp³-hybridized carbons (Fsp3) is 0.615. The zero-order valence-corrected chi connectivity index (χ0v) is 13.2. The summed E-state index contributed by atoms with van der Waals surface area (Å²) >= 11 is 5.17. The molecule has 0 spiro atoms. The van der Waals surface area contributed by atoms with Gasteiger partial charge in [-0.1, -0.05) is 12.8 Å². The molecule has 0 radical (unpaired) electrons. The maximum atomic E-state index is 12.2. The monoisotopic (exact) mass is 341 g/mol. The van der Waals surface area contributed by atoms with Gasteiger partial charge < -0.3 is 5.32 Å². The first-order valence-corrected chi connectivity index (χ1v) is 8.02. The Morgan fingerprint density at radius 2 is 2.32 bits per heavy atom. The van der Waals surface area contributed by atoms with E-state index in [1.54, 1.807) is 11.3 Å². The van der Waals surface area contributed by atoms with E-state index in [0.717, 1.165) is 40.2 Å². The molecule has 0 unspecified atom stereocenters. The van der Waals surface area contributed by atoms with E-state index < -0.39 is 0 Å². The molecule has 4 nitrogen and oxygen atoms in total. The standard InChI is InChI=1S/C13H16BrN3OS/c1-8-17-11(12(14)19-8)9-4-2-3-5-10(9)13(18)16-7-6-15/h9-10H,2-5,7H2,1H3,(H,16,18)/t9-,10+/m0/s1. The van der Waals surface area contributed by atoms with Gasteiger partial charge in [0.05, 0.1) is 20.6 Å². The molecule has 102 valence electrons. The van der Waals surface area contributed by atoms with E-state index in [9.17, 15) is 4.79 Å². The van der Waals surface area contributed by atoms with Gasteiger partial charge in [0.15, 0.2) is 0 Å². The molecule has 0 aliphatic heterocycles. The Hall–Kier alpha value is -0.930. The number of carbonyl (C=O) groups is 1. The molecule has 2 rings (SSSR count). The van der Waals surface area contributed by atoms with Gasteiger partial charge in [0.2, 0.25) is 5.91 Å². The van der Waals surface area contributed by atoms with Gasteiger partial charge >= 0.3 is 0 Å². The number of aromatic nitrogens is 1. The smallest absolute Gasteiger partial charge is 0.224 e. The molecule has 2 atom stereocenters. The molecule has 1 aliphatic carbocycles. The summed E-state index contributed by atoms with van der Waals surface area (Å²) in [7, 11) is 0. The number of amides is 1.